The Balaban J connectivity index is 1.71. The number of nitrogens with zero attached hydrogens (tertiary/aromatic N) is 3. The van der Waals surface area contributed by atoms with Crippen molar-refractivity contribution in [3.05, 3.63) is 53.9 Å². The number of carbonyl (C=O) groups is 2. The van der Waals surface area contributed by atoms with Gasteiger partial charge in [0.15, 0.2) is 0 Å². The summed E-state index contributed by atoms with van der Waals surface area (Å²) in [5.74, 6) is -0.435. The molecule has 1 fully saturated rings. The van der Waals surface area contributed by atoms with Crippen LogP contribution in [0.25, 0.3) is 0 Å². The zero-order chi connectivity index (χ0) is 21.2. The van der Waals surface area contributed by atoms with Gasteiger partial charge in [-0.25, -0.2) is 9.69 Å². The average molecular weight is 407 g/mol. The Hall–Kier alpha value is -3.10. The van der Waals surface area contributed by atoms with Crippen molar-refractivity contribution in [2.45, 2.75) is 33.2 Å². The van der Waals surface area contributed by atoms with Gasteiger partial charge in [0.25, 0.3) is 5.91 Å². The molecule has 0 spiro atoms. The second-order valence-corrected chi connectivity index (χ2v) is 7.16. The smallest absolute Gasteiger partial charge is 0.406 e. The summed E-state index contributed by atoms with van der Waals surface area (Å²) in [4.78, 5) is 31.7. The number of hydrogen-bond acceptors (Lipinski definition) is 4. The number of alkyl halides is 3. The lowest BCUT2D eigenvalue weighted by atomic mass is 10.1. The summed E-state index contributed by atoms with van der Waals surface area (Å²) < 4.78 is 40.6. The summed E-state index contributed by atoms with van der Waals surface area (Å²) in [6, 6.07) is 7.78. The molecule has 2 aromatic rings. The van der Waals surface area contributed by atoms with Crippen molar-refractivity contribution in [3.8, 4) is 5.75 Å². The van der Waals surface area contributed by atoms with Crippen LogP contribution >= 0.6 is 0 Å². The Labute approximate surface area is 165 Å². The van der Waals surface area contributed by atoms with E-state index in [4.69, 9.17) is 0 Å². The molecule has 29 heavy (non-hydrogen) atoms. The molecule has 1 aromatic heterocycles. The number of urea groups is 1. The molecule has 0 radical (unpaired) electrons. The highest BCUT2D eigenvalue weighted by Gasteiger charge is 2.37. The molecule has 0 atom stereocenters. The van der Waals surface area contributed by atoms with E-state index < -0.39 is 24.1 Å². The first-order chi connectivity index (χ1) is 13.6. The minimum Gasteiger partial charge on any atom is -0.406 e. The van der Waals surface area contributed by atoms with E-state index >= 15 is 0 Å². The molecule has 1 saturated heterocycles. The lowest BCUT2D eigenvalue weighted by Gasteiger charge is -2.18. The van der Waals surface area contributed by atoms with E-state index in [-0.39, 0.29) is 18.8 Å². The number of rotatable bonds is 6. The van der Waals surface area contributed by atoms with Crippen LogP contribution in [0.15, 0.2) is 42.6 Å². The molecule has 0 bridgehead atoms. The fourth-order valence-electron chi connectivity index (χ4n) is 3.10. The van der Waals surface area contributed by atoms with Crippen molar-refractivity contribution >= 4 is 17.6 Å². The van der Waals surface area contributed by atoms with Gasteiger partial charge in [-0.2, -0.15) is 0 Å². The molecule has 3 amide bonds. The van der Waals surface area contributed by atoms with Gasteiger partial charge in [-0.05, 0) is 54.3 Å². The normalized spacial score (nSPS) is 14.8. The Bertz CT molecular complexity index is 898. The van der Waals surface area contributed by atoms with Crippen molar-refractivity contribution in [1.82, 2.24) is 9.88 Å². The van der Waals surface area contributed by atoms with Crippen LogP contribution in [-0.4, -0.2) is 34.7 Å². The van der Waals surface area contributed by atoms with Crippen LogP contribution in [0.1, 0.15) is 25.1 Å². The monoisotopic (exact) mass is 407 g/mol. The van der Waals surface area contributed by atoms with Crippen LogP contribution < -0.4 is 9.64 Å². The summed E-state index contributed by atoms with van der Waals surface area (Å²) >= 11 is 0. The van der Waals surface area contributed by atoms with Gasteiger partial charge < -0.3 is 9.64 Å². The summed E-state index contributed by atoms with van der Waals surface area (Å²) in [6.07, 6.45) is -2.33. The molecule has 1 aromatic carbocycles. The molecule has 9 heteroatoms. The van der Waals surface area contributed by atoms with Crippen LogP contribution in [0, 0.1) is 5.92 Å². The van der Waals surface area contributed by atoms with Gasteiger partial charge in [-0.15, -0.1) is 13.2 Å². The number of hydrogen-bond donors (Lipinski definition) is 0. The van der Waals surface area contributed by atoms with Crippen molar-refractivity contribution in [3.63, 3.8) is 0 Å². The zero-order valence-corrected chi connectivity index (χ0v) is 15.9. The first kappa shape index (κ1) is 20.6. The minimum atomic E-state index is -4.81. The zero-order valence-electron chi connectivity index (χ0n) is 15.9. The number of anilines is 1. The molecule has 0 unspecified atom stereocenters. The highest BCUT2D eigenvalue weighted by atomic mass is 19.4. The van der Waals surface area contributed by atoms with E-state index in [1.54, 1.807) is 12.3 Å². The second kappa shape index (κ2) is 8.10. The van der Waals surface area contributed by atoms with Crippen LogP contribution in [0.5, 0.6) is 5.75 Å². The quantitative estimate of drug-likeness (QED) is 0.675. The van der Waals surface area contributed by atoms with E-state index in [2.05, 4.69) is 23.6 Å². The molecule has 0 saturated carbocycles. The van der Waals surface area contributed by atoms with Crippen LogP contribution in [-0.2, 0) is 17.8 Å². The second-order valence-electron chi connectivity index (χ2n) is 7.16. The van der Waals surface area contributed by atoms with Crippen LogP contribution in [0.4, 0.5) is 23.7 Å². The Morgan fingerprint density at radius 1 is 1.14 bits per heavy atom. The highest BCUT2D eigenvalue weighted by Crippen LogP contribution is 2.28. The maximum absolute atomic E-state index is 12.7. The molecular formula is C20H20F3N3O3. The maximum Gasteiger partial charge on any atom is 0.573 e. The maximum atomic E-state index is 12.7. The fourth-order valence-corrected chi connectivity index (χ4v) is 3.10. The van der Waals surface area contributed by atoms with E-state index in [1.165, 1.54) is 17.0 Å². The van der Waals surface area contributed by atoms with E-state index in [9.17, 15) is 22.8 Å². The predicted molar refractivity (Wildman–Crippen MR) is 99.2 cm³/mol. The number of ether oxygens (including phenoxy) is 1. The molecule has 2 heterocycles. The average Bonchev–Trinajstić information content (AvgIpc) is 2.88. The van der Waals surface area contributed by atoms with Crippen molar-refractivity contribution in [2.24, 2.45) is 5.92 Å². The van der Waals surface area contributed by atoms with E-state index in [0.717, 1.165) is 34.7 Å². The molecule has 6 nitrogen and oxygen atoms in total. The van der Waals surface area contributed by atoms with Gasteiger partial charge in [0.05, 0.1) is 5.69 Å². The third kappa shape index (κ3) is 5.24. The summed E-state index contributed by atoms with van der Waals surface area (Å²) in [5, 5.41) is 0. The summed E-state index contributed by atoms with van der Waals surface area (Å²) in [7, 11) is 0. The Kier molecular flexibility index (Phi) is 5.76. The molecule has 1 aliphatic heterocycles. The number of benzene rings is 1. The standard InChI is InChI=1S/C20H20F3N3O3/c1-13(2)9-15-10-14(7-8-24-15)11-25-12-18(27)26(19(25)28)16-3-5-17(6-4-16)29-20(21,22)23/h3-8,10,13H,9,11-12H2,1-2H3. The van der Waals surface area contributed by atoms with Crippen LogP contribution in [0.3, 0.4) is 0 Å². The third-order valence-corrected chi connectivity index (χ3v) is 4.24. The van der Waals surface area contributed by atoms with Gasteiger partial charge >= 0.3 is 12.4 Å². The van der Waals surface area contributed by atoms with E-state index in [1.807, 2.05) is 6.07 Å². The summed E-state index contributed by atoms with van der Waals surface area (Å²) in [6.45, 7) is 4.30. The summed E-state index contributed by atoms with van der Waals surface area (Å²) in [5.41, 5.74) is 1.95. The number of aromatic nitrogens is 1. The number of imide groups is 1. The predicted octanol–water partition coefficient (Wildman–Crippen LogP) is 4.15. The van der Waals surface area contributed by atoms with Crippen molar-refractivity contribution < 1.29 is 27.5 Å². The van der Waals surface area contributed by atoms with Gasteiger partial charge in [-0.1, -0.05) is 13.8 Å². The van der Waals surface area contributed by atoms with Crippen molar-refractivity contribution in [1.29, 1.82) is 0 Å². The van der Waals surface area contributed by atoms with Crippen LogP contribution in [0.2, 0.25) is 0 Å². The van der Waals surface area contributed by atoms with Crippen molar-refractivity contribution in [2.75, 3.05) is 11.4 Å². The van der Waals surface area contributed by atoms with Gasteiger partial charge in [0.2, 0.25) is 0 Å². The number of halogens is 3. The molecule has 0 N–H and O–H groups in total. The molecular weight excluding hydrogens is 387 g/mol. The molecule has 154 valence electrons. The highest BCUT2D eigenvalue weighted by molar-refractivity contribution is 6.19. The number of carbonyl (C=O) groups excluding carboxylic acids is 2. The Morgan fingerprint density at radius 2 is 1.83 bits per heavy atom. The lowest BCUT2D eigenvalue weighted by Crippen LogP contribution is -2.32. The lowest BCUT2D eigenvalue weighted by molar-refractivity contribution is -0.274. The SMILES string of the molecule is CC(C)Cc1cc(CN2CC(=O)N(c3ccc(OC(F)(F)F)cc3)C2=O)ccn1. The first-order valence-electron chi connectivity index (χ1n) is 9.04. The fraction of sp³-hybridized carbons (Fsp3) is 0.350. The minimum absolute atomic E-state index is 0.110. The van der Waals surface area contributed by atoms with Gasteiger partial charge in [-0.3, -0.25) is 9.78 Å². The number of amides is 3. The van der Waals surface area contributed by atoms with Gasteiger partial charge in [0, 0.05) is 18.4 Å². The Morgan fingerprint density at radius 3 is 2.45 bits per heavy atom. The first-order valence-corrected chi connectivity index (χ1v) is 9.04. The third-order valence-electron chi connectivity index (χ3n) is 4.24. The molecule has 1 aliphatic rings. The largest absolute Gasteiger partial charge is 0.573 e. The topological polar surface area (TPSA) is 62.7 Å². The molecule has 0 aliphatic carbocycles. The van der Waals surface area contributed by atoms with E-state index in [0.29, 0.717) is 5.92 Å². The van der Waals surface area contributed by atoms with Gasteiger partial charge in [0.1, 0.15) is 12.3 Å². The molecule has 3 rings (SSSR count). The number of pyridine rings is 1.